The average molecular weight is 363 g/mol. The van der Waals surface area contributed by atoms with E-state index in [-0.39, 0.29) is 16.4 Å². The van der Waals surface area contributed by atoms with Crippen molar-refractivity contribution in [1.29, 1.82) is 0 Å². The second-order valence-electron chi connectivity index (χ2n) is 7.96. The van der Waals surface area contributed by atoms with Crippen molar-refractivity contribution in [2.24, 2.45) is 23.2 Å². The maximum atomic E-state index is 12.9. The van der Waals surface area contributed by atoms with Gasteiger partial charge in [-0.25, -0.2) is 17.9 Å². The van der Waals surface area contributed by atoms with Gasteiger partial charge in [-0.15, -0.1) is 0 Å². The Morgan fingerprint density at radius 3 is 1.88 bits per heavy atom. The van der Waals surface area contributed by atoms with Crippen molar-refractivity contribution in [1.82, 2.24) is 4.72 Å². The van der Waals surface area contributed by atoms with Crippen LogP contribution in [0.4, 0.5) is 0 Å². The predicted molar refractivity (Wildman–Crippen MR) is 89.3 cm³/mol. The molecule has 0 spiro atoms. The van der Waals surface area contributed by atoms with Crippen LogP contribution in [0.3, 0.4) is 0 Å². The Morgan fingerprint density at radius 1 is 0.960 bits per heavy atom. The van der Waals surface area contributed by atoms with Crippen molar-refractivity contribution < 1.29 is 23.1 Å². The van der Waals surface area contributed by atoms with Gasteiger partial charge in [0, 0.05) is 0 Å². The average Bonchev–Trinajstić information content (AvgIpc) is 2.53. The number of carboxylic acids is 1. The Bertz CT molecular complexity index is 792. The van der Waals surface area contributed by atoms with Gasteiger partial charge in [0.05, 0.1) is 15.9 Å². The van der Waals surface area contributed by atoms with Crippen LogP contribution in [0.25, 0.3) is 0 Å². The van der Waals surface area contributed by atoms with E-state index in [1.54, 1.807) is 0 Å². The molecule has 25 heavy (non-hydrogen) atoms. The number of nitrogens with one attached hydrogen (secondary N) is 1. The highest BCUT2D eigenvalue weighted by molar-refractivity contribution is 7.90. The van der Waals surface area contributed by atoms with Crippen LogP contribution in [0.1, 0.15) is 48.9 Å². The molecule has 0 radical (unpaired) electrons. The number of hydrogen-bond acceptors (Lipinski definition) is 4. The molecule has 4 bridgehead atoms. The Kier molecular flexibility index (Phi) is 3.68. The first-order chi connectivity index (χ1) is 11.8. The molecule has 0 aliphatic heterocycles. The van der Waals surface area contributed by atoms with Crippen LogP contribution >= 0.6 is 0 Å². The van der Waals surface area contributed by atoms with Gasteiger partial charge < -0.3 is 5.11 Å². The summed E-state index contributed by atoms with van der Waals surface area (Å²) in [5.74, 6) is 0.147. The Labute approximate surface area is 146 Å². The topological polar surface area (TPSA) is 101 Å². The molecule has 1 aromatic carbocycles. The molecule has 1 amide bonds. The summed E-state index contributed by atoms with van der Waals surface area (Å²) in [5, 5.41) is 8.90. The van der Waals surface area contributed by atoms with Gasteiger partial charge >= 0.3 is 5.97 Å². The smallest absolute Gasteiger partial charge is 0.335 e. The number of benzene rings is 1. The summed E-state index contributed by atoms with van der Waals surface area (Å²) in [6.45, 7) is 0. The molecular formula is C18H21NO5S. The third-order valence-electron chi connectivity index (χ3n) is 6.16. The third-order valence-corrected chi connectivity index (χ3v) is 7.51. The zero-order valence-corrected chi connectivity index (χ0v) is 14.6. The number of carbonyl (C=O) groups is 2. The van der Waals surface area contributed by atoms with Gasteiger partial charge in [0.15, 0.2) is 0 Å². The fourth-order valence-electron chi connectivity index (χ4n) is 5.45. The maximum Gasteiger partial charge on any atom is 0.335 e. The third kappa shape index (κ3) is 2.84. The molecule has 4 aliphatic rings. The van der Waals surface area contributed by atoms with Gasteiger partial charge in [-0.1, -0.05) is 0 Å². The minimum Gasteiger partial charge on any atom is -0.478 e. The summed E-state index contributed by atoms with van der Waals surface area (Å²) in [5.41, 5.74) is -0.533. The maximum absolute atomic E-state index is 12.9. The van der Waals surface area contributed by atoms with Crippen LogP contribution in [0.5, 0.6) is 0 Å². The van der Waals surface area contributed by atoms with E-state index < -0.39 is 21.4 Å². The zero-order chi connectivity index (χ0) is 17.8. The van der Waals surface area contributed by atoms with E-state index in [0.29, 0.717) is 17.8 Å². The van der Waals surface area contributed by atoms with E-state index in [0.717, 1.165) is 19.3 Å². The Hall–Kier alpha value is -1.89. The summed E-state index contributed by atoms with van der Waals surface area (Å²) in [6.07, 6.45) is 5.90. The highest BCUT2D eigenvalue weighted by Crippen LogP contribution is 2.60. The fourth-order valence-corrected chi connectivity index (χ4v) is 6.53. The molecule has 0 saturated heterocycles. The van der Waals surface area contributed by atoms with E-state index >= 15 is 0 Å². The Morgan fingerprint density at radius 2 is 1.44 bits per heavy atom. The van der Waals surface area contributed by atoms with Crippen LogP contribution in [-0.2, 0) is 14.8 Å². The van der Waals surface area contributed by atoms with Crippen LogP contribution in [0.15, 0.2) is 29.2 Å². The minimum atomic E-state index is -3.99. The lowest BCUT2D eigenvalue weighted by atomic mass is 9.49. The molecule has 0 heterocycles. The van der Waals surface area contributed by atoms with Crippen molar-refractivity contribution in [2.45, 2.75) is 43.4 Å². The van der Waals surface area contributed by atoms with Crippen molar-refractivity contribution >= 4 is 21.9 Å². The number of sulfonamides is 1. The van der Waals surface area contributed by atoms with E-state index in [1.165, 1.54) is 43.5 Å². The lowest BCUT2D eigenvalue weighted by molar-refractivity contribution is -0.144. The minimum absolute atomic E-state index is 0.00589. The van der Waals surface area contributed by atoms with Crippen LogP contribution in [-0.4, -0.2) is 25.4 Å². The molecule has 2 N–H and O–H groups in total. The molecule has 1 aromatic rings. The fraction of sp³-hybridized carbons (Fsp3) is 0.556. The summed E-state index contributed by atoms with van der Waals surface area (Å²) in [7, 11) is -3.99. The number of carbonyl (C=O) groups excluding carboxylic acids is 1. The van der Waals surface area contributed by atoms with Crippen molar-refractivity contribution in [2.75, 3.05) is 0 Å². The number of hydrogen-bond donors (Lipinski definition) is 2. The molecule has 5 rings (SSSR count). The van der Waals surface area contributed by atoms with Gasteiger partial charge in [-0.05, 0) is 80.5 Å². The summed E-state index contributed by atoms with van der Waals surface area (Å²) < 4.78 is 27.3. The normalized spacial score (nSPS) is 33.2. The molecule has 0 aromatic heterocycles. The Balaban J connectivity index is 1.54. The lowest BCUT2D eigenvalue weighted by Gasteiger charge is -2.55. The van der Waals surface area contributed by atoms with Crippen molar-refractivity contribution in [3.8, 4) is 0 Å². The molecule has 4 fully saturated rings. The van der Waals surface area contributed by atoms with Crippen LogP contribution in [0, 0.1) is 23.2 Å². The van der Waals surface area contributed by atoms with Gasteiger partial charge in [-0.3, -0.25) is 4.79 Å². The van der Waals surface area contributed by atoms with E-state index in [1.807, 2.05) is 0 Å². The van der Waals surface area contributed by atoms with Gasteiger partial charge in [0.25, 0.3) is 10.0 Å². The SMILES string of the molecule is O=C(O)c1ccc(S(=O)(=O)NC(=O)C23CC4CC(CC(C4)C2)C3)cc1. The first-order valence-electron chi connectivity index (χ1n) is 8.68. The standard InChI is InChI=1S/C18H21NO5S/c20-16(21)14-1-3-15(4-2-14)25(23,24)19-17(22)18-8-11-5-12(9-18)7-13(6-11)10-18/h1-4,11-13H,5-10H2,(H,19,22)(H,20,21). The molecule has 4 aliphatic carbocycles. The van der Waals surface area contributed by atoms with Gasteiger partial charge in [0.1, 0.15) is 0 Å². The molecule has 7 heteroatoms. The van der Waals surface area contributed by atoms with Crippen LogP contribution in [0.2, 0.25) is 0 Å². The number of carboxylic acid groups (broad SMARTS) is 1. The van der Waals surface area contributed by atoms with Gasteiger partial charge in [-0.2, -0.15) is 0 Å². The van der Waals surface area contributed by atoms with Crippen molar-refractivity contribution in [3.63, 3.8) is 0 Å². The zero-order valence-electron chi connectivity index (χ0n) is 13.8. The largest absolute Gasteiger partial charge is 0.478 e. The predicted octanol–water partition coefficient (Wildman–Crippen LogP) is 2.41. The van der Waals surface area contributed by atoms with Gasteiger partial charge in [0.2, 0.25) is 5.91 Å². The van der Waals surface area contributed by atoms with E-state index in [2.05, 4.69) is 4.72 Å². The second kappa shape index (κ2) is 5.56. The monoisotopic (exact) mass is 363 g/mol. The first-order valence-corrected chi connectivity index (χ1v) is 10.2. The second-order valence-corrected chi connectivity index (χ2v) is 9.64. The van der Waals surface area contributed by atoms with E-state index in [4.69, 9.17) is 5.11 Å². The van der Waals surface area contributed by atoms with Crippen molar-refractivity contribution in [3.05, 3.63) is 29.8 Å². The first kappa shape index (κ1) is 16.6. The molecule has 0 unspecified atom stereocenters. The lowest BCUT2D eigenvalue weighted by Crippen LogP contribution is -2.54. The molecule has 134 valence electrons. The summed E-state index contributed by atoms with van der Waals surface area (Å²) in [4.78, 5) is 23.7. The number of rotatable bonds is 4. The number of amides is 1. The molecule has 6 nitrogen and oxygen atoms in total. The summed E-state index contributed by atoms with van der Waals surface area (Å²) >= 11 is 0. The molecular weight excluding hydrogens is 342 g/mol. The summed E-state index contributed by atoms with van der Waals surface area (Å²) in [6, 6.07) is 4.90. The highest BCUT2D eigenvalue weighted by atomic mass is 32.2. The quantitative estimate of drug-likeness (QED) is 0.855. The molecule has 0 atom stereocenters. The molecule has 4 saturated carbocycles. The van der Waals surface area contributed by atoms with Crippen LogP contribution < -0.4 is 4.72 Å². The number of aromatic carboxylic acids is 1. The highest BCUT2D eigenvalue weighted by Gasteiger charge is 2.55. The van der Waals surface area contributed by atoms with E-state index in [9.17, 15) is 18.0 Å².